The van der Waals surface area contributed by atoms with Crippen molar-refractivity contribution in [3.63, 3.8) is 0 Å². The van der Waals surface area contributed by atoms with E-state index in [1.807, 2.05) is 6.92 Å². The third-order valence-corrected chi connectivity index (χ3v) is 47.2. The number of ketones is 1. The molecule has 15 heteroatoms. The van der Waals surface area contributed by atoms with E-state index >= 15 is 0 Å². The predicted molar refractivity (Wildman–Crippen MR) is 163 cm³/mol. The van der Waals surface area contributed by atoms with Crippen LogP contribution in [0.4, 0.5) is 0 Å². The molecule has 0 bridgehead atoms. The maximum Gasteiger partial charge on any atom is 0.175 e. The van der Waals surface area contributed by atoms with Gasteiger partial charge in [-0.25, -0.2) is 0 Å². The van der Waals surface area contributed by atoms with Gasteiger partial charge < -0.3 is 14.2 Å². The van der Waals surface area contributed by atoms with Crippen molar-refractivity contribution in [1.82, 2.24) is 0 Å². The van der Waals surface area contributed by atoms with E-state index < -0.39 is 44.0 Å². The van der Waals surface area contributed by atoms with Crippen molar-refractivity contribution >= 4 is 96.3 Å². The number of fused-ring (bicyclic) bond motifs is 1. The van der Waals surface area contributed by atoms with E-state index in [4.69, 9.17) is 9.05 Å². The van der Waals surface area contributed by atoms with Crippen LogP contribution in [0.5, 0.6) is 0 Å². The van der Waals surface area contributed by atoms with Crippen LogP contribution < -0.4 is 0 Å². The third kappa shape index (κ3) is 5.33. The molecule has 0 spiro atoms. The molecule has 0 radical (unpaired) electrons. The molecular weight excluding hydrogens is 585 g/mol. The van der Waals surface area contributed by atoms with Crippen LogP contribution in [0.2, 0.25) is 0 Å². The van der Waals surface area contributed by atoms with Gasteiger partial charge in [-0.1, -0.05) is 50.3 Å². The molecule has 0 saturated heterocycles. The fourth-order valence-electron chi connectivity index (χ4n) is 5.31. The molecule has 13 unspecified atom stereocenters. The molecule has 0 aromatic carbocycles. The van der Waals surface area contributed by atoms with Crippen molar-refractivity contribution in [2.24, 2.45) is 10.8 Å². The van der Waals surface area contributed by atoms with Gasteiger partial charge in [0.1, 0.15) is 11.7 Å². The summed E-state index contributed by atoms with van der Waals surface area (Å²) >= 11 is 0. The highest BCUT2D eigenvalue weighted by Crippen LogP contribution is 3.06. The predicted octanol–water partition coefficient (Wildman–Crippen LogP) is 8.16. The summed E-state index contributed by atoms with van der Waals surface area (Å²) in [6.07, 6.45) is 2.92. The third-order valence-electron chi connectivity index (χ3n) is 6.19. The molecule has 2 aliphatic rings. The lowest BCUT2D eigenvalue weighted by molar-refractivity contribution is -0.143. The Hall–Kier alpha value is 4.02. The standard InChI is InChI=1S/C15H35O4P11/c1-5-6-9(2)15-12(16)10(19-27(28(21)22)30(25)29(23)24)7-14(15,17)11(18-26-20)8-13(15,3)4/h6,10-11,17,26H,5,7-8,20-25H2,1-4H3/b9-6-. The summed E-state index contributed by atoms with van der Waals surface area (Å²) in [5.74, 6) is 0.0416. The summed E-state index contributed by atoms with van der Waals surface area (Å²) in [6, 6.07) is 0. The van der Waals surface area contributed by atoms with E-state index in [0.717, 1.165) is 12.0 Å². The Balaban J connectivity index is 2.56. The maximum atomic E-state index is 14.2. The summed E-state index contributed by atoms with van der Waals surface area (Å²) in [6.45, 7) is 7.06. The van der Waals surface area contributed by atoms with E-state index in [1.165, 1.54) is 0 Å². The first-order chi connectivity index (χ1) is 13.8. The molecule has 2 rings (SSSR count). The van der Waals surface area contributed by atoms with Gasteiger partial charge in [0.15, 0.2) is 5.78 Å². The van der Waals surface area contributed by atoms with Crippen LogP contribution in [0, 0.1) is 10.8 Å². The normalized spacial score (nSPS) is 36.3. The van der Waals surface area contributed by atoms with Gasteiger partial charge in [-0.3, -0.25) is 4.79 Å². The Morgan fingerprint density at radius 2 is 1.83 bits per heavy atom. The molecule has 2 saturated carbocycles. The smallest absolute Gasteiger partial charge is 0.175 e. The lowest BCUT2D eigenvalue weighted by Gasteiger charge is -2.45. The van der Waals surface area contributed by atoms with Gasteiger partial charge in [0.25, 0.3) is 0 Å². The van der Waals surface area contributed by atoms with Gasteiger partial charge in [0.2, 0.25) is 0 Å². The molecule has 1 N–H and O–H groups in total. The SMILES string of the molecule is CC/C=C(/C)C12C(=O)C(OP(P(P)P)P(P)P(P)P)CC1(O)C(OPP)CC2(C)C. The van der Waals surface area contributed by atoms with E-state index in [1.54, 1.807) is 0 Å². The lowest BCUT2D eigenvalue weighted by Crippen LogP contribution is -2.54. The van der Waals surface area contributed by atoms with Gasteiger partial charge in [-0.05, 0) is 39.2 Å². The minimum absolute atomic E-state index is 0.0416. The summed E-state index contributed by atoms with van der Waals surface area (Å²) < 4.78 is 12.7. The summed E-state index contributed by atoms with van der Waals surface area (Å²) in [7, 11) is 16.6. The Morgan fingerprint density at radius 1 is 1.23 bits per heavy atom. The number of carbonyl (C=O) groups is 1. The molecule has 0 aromatic rings. The number of allylic oxidation sites excluding steroid dienone is 1. The highest BCUT2D eigenvalue weighted by molar-refractivity contribution is 9.07. The van der Waals surface area contributed by atoms with Gasteiger partial charge in [0.05, 0.1) is 19.0 Å². The van der Waals surface area contributed by atoms with Crippen molar-refractivity contribution < 1.29 is 18.9 Å². The first kappa shape index (κ1) is 30.2. The van der Waals surface area contributed by atoms with Gasteiger partial charge in [-0.15, -0.1) is 35.7 Å². The largest absolute Gasteiger partial charge is 0.386 e. The zero-order valence-electron chi connectivity index (χ0n) is 17.8. The molecule has 0 aliphatic heterocycles. The second kappa shape index (κ2) is 12.0. The van der Waals surface area contributed by atoms with Crippen molar-refractivity contribution in [2.45, 2.75) is 64.8 Å². The Labute approximate surface area is 201 Å². The summed E-state index contributed by atoms with van der Waals surface area (Å²) in [5, 5.41) is 12.2. The molecule has 2 fully saturated rings. The van der Waals surface area contributed by atoms with Crippen molar-refractivity contribution in [1.29, 1.82) is 0 Å². The molecular formula is C15H35O4P11. The van der Waals surface area contributed by atoms with Crippen molar-refractivity contribution in [3.05, 3.63) is 11.6 Å². The number of hydrogen-bond acceptors (Lipinski definition) is 4. The molecule has 4 nitrogen and oxygen atoms in total. The molecule has 174 valence electrons. The highest BCUT2D eigenvalue weighted by Gasteiger charge is 2.78. The van der Waals surface area contributed by atoms with Crippen LogP contribution in [-0.4, -0.2) is 28.7 Å². The van der Waals surface area contributed by atoms with Gasteiger partial charge in [-0.2, -0.15) is 0 Å². The van der Waals surface area contributed by atoms with Crippen LogP contribution in [0.15, 0.2) is 11.6 Å². The fraction of sp³-hybridized carbons (Fsp3) is 0.800. The topological polar surface area (TPSA) is 55.8 Å². The lowest BCUT2D eigenvalue weighted by atomic mass is 9.59. The van der Waals surface area contributed by atoms with Crippen LogP contribution in [0.3, 0.4) is 0 Å². The Morgan fingerprint density at radius 3 is 2.30 bits per heavy atom. The zero-order valence-corrected chi connectivity index (χ0v) is 29.3. The monoisotopic (exact) mass is 620 g/mol. The van der Waals surface area contributed by atoms with Crippen LogP contribution in [-0.2, 0) is 13.8 Å². The Kier molecular flexibility index (Phi) is 12.1. The second-order valence-electron chi connectivity index (χ2n) is 8.28. The minimum Gasteiger partial charge on any atom is -0.386 e. The number of carbonyl (C=O) groups excluding carboxylic acids is 1. The van der Waals surface area contributed by atoms with E-state index in [2.05, 4.69) is 80.4 Å². The molecule has 30 heavy (non-hydrogen) atoms. The molecule has 0 amide bonds. The quantitative estimate of drug-likeness (QED) is 0.209. The highest BCUT2D eigenvalue weighted by atomic mass is 33.1. The number of aliphatic hydroxyl groups is 1. The van der Waals surface area contributed by atoms with Gasteiger partial charge in [0, 0.05) is 21.9 Å². The van der Waals surface area contributed by atoms with E-state index in [0.29, 0.717) is 12.8 Å². The van der Waals surface area contributed by atoms with Crippen molar-refractivity contribution in [3.8, 4) is 0 Å². The molecule has 0 heterocycles. The second-order valence-corrected chi connectivity index (χ2v) is 41.4. The van der Waals surface area contributed by atoms with E-state index in [9.17, 15) is 9.90 Å². The van der Waals surface area contributed by atoms with Crippen LogP contribution in [0.25, 0.3) is 0 Å². The maximum absolute atomic E-state index is 14.2. The molecule has 2 aliphatic carbocycles. The first-order valence-corrected chi connectivity index (χ1v) is 27.7. The number of Topliss-reactive ketones (excluding diaryl/α,β-unsaturated/α-hetero) is 1. The average Bonchev–Trinajstić information content (AvgIpc) is 2.96. The molecule has 13 atom stereocenters. The number of rotatable bonds is 9. The van der Waals surface area contributed by atoms with E-state index in [-0.39, 0.29) is 27.4 Å². The fourth-order valence-corrected chi connectivity index (χ4v) is 50.2. The average molecular weight is 620 g/mol. The Bertz CT molecular complexity index is 675. The molecule has 0 aromatic heterocycles. The summed E-state index contributed by atoms with van der Waals surface area (Å²) in [5.41, 5.74) is -1.68. The zero-order chi connectivity index (χ0) is 23.1. The number of hydrogen-bond donors (Lipinski definition) is 1. The van der Waals surface area contributed by atoms with Gasteiger partial charge >= 0.3 is 0 Å². The first-order valence-electron chi connectivity index (χ1n) is 9.47. The summed E-state index contributed by atoms with van der Waals surface area (Å²) in [4.78, 5) is 14.2. The van der Waals surface area contributed by atoms with Crippen LogP contribution in [0.1, 0.15) is 47.0 Å². The van der Waals surface area contributed by atoms with Crippen molar-refractivity contribution in [2.75, 3.05) is 0 Å². The minimum atomic E-state index is -1.25. The van der Waals surface area contributed by atoms with Crippen LogP contribution >= 0.6 is 90.6 Å².